The summed E-state index contributed by atoms with van der Waals surface area (Å²) in [5, 5.41) is 3.04. The summed E-state index contributed by atoms with van der Waals surface area (Å²) < 4.78 is 0. The number of aromatic nitrogens is 1. The van der Waals surface area contributed by atoms with Crippen LogP contribution in [0.25, 0.3) is 0 Å². The Labute approximate surface area is 95.6 Å². The lowest BCUT2D eigenvalue weighted by atomic mass is 10.2. The van der Waals surface area contributed by atoms with Gasteiger partial charge >= 0.3 is 0 Å². The van der Waals surface area contributed by atoms with E-state index >= 15 is 0 Å². The Kier molecular flexibility index (Phi) is 2.46. The molecule has 0 saturated heterocycles. The van der Waals surface area contributed by atoms with Gasteiger partial charge < -0.3 is 10.3 Å². The first-order chi connectivity index (χ1) is 7.84. The molecule has 2 N–H and O–H groups in total. The van der Waals surface area contributed by atoms with E-state index in [2.05, 4.69) is 16.4 Å². The second-order valence-electron chi connectivity index (χ2n) is 5.08. The molecule has 2 saturated carbocycles. The average Bonchev–Trinajstić information content (AvgIpc) is 3.16. The number of carbonyl (C=O) groups excluding carboxylic acids is 1. The molecule has 16 heavy (non-hydrogen) atoms. The van der Waals surface area contributed by atoms with Gasteiger partial charge in [-0.3, -0.25) is 4.79 Å². The highest BCUT2D eigenvalue weighted by molar-refractivity contribution is 5.81. The van der Waals surface area contributed by atoms with Crippen LogP contribution in [-0.4, -0.2) is 17.4 Å². The van der Waals surface area contributed by atoms with Crippen molar-refractivity contribution in [2.75, 3.05) is 6.54 Å². The predicted molar refractivity (Wildman–Crippen MR) is 61.8 cm³/mol. The number of nitrogens with one attached hydrogen (secondary N) is 2. The molecular formula is C13H18N2O. The monoisotopic (exact) mass is 218 g/mol. The highest BCUT2D eigenvalue weighted by Crippen LogP contribution is 2.54. The van der Waals surface area contributed by atoms with Crippen molar-refractivity contribution in [2.24, 2.45) is 17.8 Å². The van der Waals surface area contributed by atoms with Gasteiger partial charge in [-0.05, 0) is 43.2 Å². The van der Waals surface area contributed by atoms with Crippen LogP contribution in [0.15, 0.2) is 18.3 Å². The molecule has 0 bridgehead atoms. The first kappa shape index (κ1) is 9.94. The maximum absolute atomic E-state index is 11.8. The quantitative estimate of drug-likeness (QED) is 0.776. The Bertz CT molecular complexity index is 367. The minimum atomic E-state index is 0.281. The Morgan fingerprint density at radius 2 is 2.38 bits per heavy atom. The van der Waals surface area contributed by atoms with E-state index in [4.69, 9.17) is 0 Å². The summed E-state index contributed by atoms with van der Waals surface area (Å²) >= 11 is 0. The Balaban J connectivity index is 1.37. The van der Waals surface area contributed by atoms with Crippen molar-refractivity contribution in [1.29, 1.82) is 0 Å². The second kappa shape index (κ2) is 3.96. The molecule has 1 amide bonds. The molecule has 0 spiro atoms. The fourth-order valence-electron chi connectivity index (χ4n) is 2.54. The van der Waals surface area contributed by atoms with E-state index in [-0.39, 0.29) is 5.91 Å². The molecule has 1 aromatic heterocycles. The molecule has 2 fully saturated rings. The molecule has 2 aliphatic carbocycles. The lowest BCUT2D eigenvalue weighted by molar-refractivity contribution is -0.122. The number of carbonyl (C=O) groups is 1. The lowest BCUT2D eigenvalue weighted by Crippen LogP contribution is -2.27. The SMILES string of the molecule is O=C(NCCc1ccc[nH]1)C1CC1C1CC1. The number of H-pyrrole nitrogens is 1. The zero-order valence-electron chi connectivity index (χ0n) is 9.41. The van der Waals surface area contributed by atoms with Crippen LogP contribution in [0, 0.1) is 17.8 Å². The van der Waals surface area contributed by atoms with Gasteiger partial charge in [-0.25, -0.2) is 0 Å². The van der Waals surface area contributed by atoms with Crippen LogP contribution in [0.4, 0.5) is 0 Å². The lowest BCUT2D eigenvalue weighted by Gasteiger charge is -2.03. The van der Waals surface area contributed by atoms with Gasteiger partial charge in [-0.2, -0.15) is 0 Å². The highest BCUT2D eigenvalue weighted by atomic mass is 16.2. The molecule has 3 heteroatoms. The topological polar surface area (TPSA) is 44.9 Å². The van der Waals surface area contributed by atoms with Crippen molar-refractivity contribution in [3.05, 3.63) is 24.0 Å². The summed E-state index contributed by atoms with van der Waals surface area (Å²) in [5.41, 5.74) is 1.19. The molecule has 0 aromatic carbocycles. The average molecular weight is 218 g/mol. The van der Waals surface area contributed by atoms with Crippen LogP contribution < -0.4 is 5.32 Å². The van der Waals surface area contributed by atoms with E-state index in [0.717, 1.165) is 31.2 Å². The van der Waals surface area contributed by atoms with Gasteiger partial charge in [-0.15, -0.1) is 0 Å². The van der Waals surface area contributed by atoms with Gasteiger partial charge in [0, 0.05) is 30.8 Å². The summed E-state index contributed by atoms with van der Waals surface area (Å²) in [6, 6.07) is 4.04. The normalized spacial score (nSPS) is 27.8. The van der Waals surface area contributed by atoms with Crippen LogP contribution in [-0.2, 0) is 11.2 Å². The zero-order chi connectivity index (χ0) is 11.0. The fraction of sp³-hybridized carbons (Fsp3) is 0.615. The van der Waals surface area contributed by atoms with E-state index in [1.165, 1.54) is 18.5 Å². The fourth-order valence-corrected chi connectivity index (χ4v) is 2.54. The molecule has 0 radical (unpaired) electrons. The standard InChI is InChI=1S/C13H18N2O/c16-13(12-8-11(12)9-3-4-9)15-7-5-10-2-1-6-14-10/h1-2,6,9,11-12,14H,3-5,7-8H2,(H,15,16). The van der Waals surface area contributed by atoms with Crippen molar-refractivity contribution in [3.63, 3.8) is 0 Å². The first-order valence-electron chi connectivity index (χ1n) is 6.24. The third-order valence-corrected chi connectivity index (χ3v) is 3.76. The predicted octanol–water partition coefficient (Wildman–Crippen LogP) is 1.72. The number of aromatic amines is 1. The van der Waals surface area contributed by atoms with Crippen molar-refractivity contribution in [3.8, 4) is 0 Å². The molecule has 2 atom stereocenters. The summed E-state index contributed by atoms with van der Waals surface area (Å²) in [4.78, 5) is 14.9. The minimum Gasteiger partial charge on any atom is -0.365 e. The molecule has 2 aliphatic rings. The molecule has 1 heterocycles. The summed E-state index contributed by atoms with van der Waals surface area (Å²) in [7, 11) is 0. The van der Waals surface area contributed by atoms with Gasteiger partial charge in [0.2, 0.25) is 5.91 Å². The van der Waals surface area contributed by atoms with Crippen molar-refractivity contribution in [1.82, 2.24) is 10.3 Å². The first-order valence-corrected chi connectivity index (χ1v) is 6.24. The summed E-state index contributed by atoms with van der Waals surface area (Å²) in [5.74, 6) is 2.24. The maximum Gasteiger partial charge on any atom is 0.223 e. The molecule has 3 rings (SSSR count). The zero-order valence-corrected chi connectivity index (χ0v) is 9.41. The summed E-state index contributed by atoms with van der Waals surface area (Å²) in [6.07, 6.45) is 6.67. The second-order valence-corrected chi connectivity index (χ2v) is 5.08. The highest BCUT2D eigenvalue weighted by Gasteiger charge is 2.50. The van der Waals surface area contributed by atoms with Crippen LogP contribution in [0.5, 0.6) is 0 Å². The van der Waals surface area contributed by atoms with Gasteiger partial charge in [-0.1, -0.05) is 0 Å². The van der Waals surface area contributed by atoms with Crippen molar-refractivity contribution < 1.29 is 4.79 Å². The van der Waals surface area contributed by atoms with E-state index < -0.39 is 0 Å². The van der Waals surface area contributed by atoms with Crippen molar-refractivity contribution >= 4 is 5.91 Å². The largest absolute Gasteiger partial charge is 0.365 e. The molecule has 86 valence electrons. The minimum absolute atomic E-state index is 0.281. The van der Waals surface area contributed by atoms with Crippen LogP contribution in [0.3, 0.4) is 0 Å². The van der Waals surface area contributed by atoms with E-state index in [1.54, 1.807) is 0 Å². The molecular weight excluding hydrogens is 200 g/mol. The van der Waals surface area contributed by atoms with Gasteiger partial charge in [0.05, 0.1) is 0 Å². The molecule has 2 unspecified atom stereocenters. The van der Waals surface area contributed by atoms with Crippen LogP contribution in [0.1, 0.15) is 25.0 Å². The van der Waals surface area contributed by atoms with Crippen LogP contribution in [0.2, 0.25) is 0 Å². The smallest absolute Gasteiger partial charge is 0.223 e. The van der Waals surface area contributed by atoms with E-state index in [0.29, 0.717) is 5.92 Å². The van der Waals surface area contributed by atoms with Gasteiger partial charge in [0.15, 0.2) is 0 Å². The Morgan fingerprint density at radius 3 is 3.06 bits per heavy atom. The Morgan fingerprint density at radius 1 is 1.50 bits per heavy atom. The third-order valence-electron chi connectivity index (χ3n) is 3.76. The van der Waals surface area contributed by atoms with Crippen LogP contribution >= 0.6 is 0 Å². The summed E-state index contributed by atoms with van der Waals surface area (Å²) in [6.45, 7) is 0.757. The number of hydrogen-bond acceptors (Lipinski definition) is 1. The van der Waals surface area contributed by atoms with Crippen molar-refractivity contribution in [2.45, 2.75) is 25.7 Å². The number of hydrogen-bond donors (Lipinski definition) is 2. The van der Waals surface area contributed by atoms with Gasteiger partial charge in [0.1, 0.15) is 0 Å². The third kappa shape index (κ3) is 2.13. The molecule has 3 nitrogen and oxygen atoms in total. The number of amides is 1. The number of rotatable bonds is 5. The van der Waals surface area contributed by atoms with E-state index in [1.807, 2.05) is 12.3 Å². The van der Waals surface area contributed by atoms with E-state index in [9.17, 15) is 4.79 Å². The van der Waals surface area contributed by atoms with Gasteiger partial charge in [0.25, 0.3) is 0 Å². The molecule has 0 aliphatic heterocycles. The Hall–Kier alpha value is -1.25. The maximum atomic E-state index is 11.8. The molecule has 1 aromatic rings.